The summed E-state index contributed by atoms with van der Waals surface area (Å²) in [5.41, 5.74) is 7.41. The topological polar surface area (TPSA) is 29.3 Å². The molecule has 1 unspecified atom stereocenters. The summed E-state index contributed by atoms with van der Waals surface area (Å²) in [6, 6.07) is 5.27. The number of halogens is 1. The van der Waals surface area contributed by atoms with E-state index in [4.69, 9.17) is 18.0 Å². The Kier molecular flexibility index (Phi) is 4.75. The lowest BCUT2D eigenvalue weighted by Gasteiger charge is -2.33. The average molecular weight is 280 g/mol. The fourth-order valence-electron chi connectivity index (χ4n) is 2.88. The third kappa shape index (κ3) is 3.24. The molecule has 19 heavy (non-hydrogen) atoms. The van der Waals surface area contributed by atoms with E-state index in [0.29, 0.717) is 11.6 Å². The Labute approximate surface area is 119 Å². The number of nitrogens with zero attached hydrogens (tertiary/aromatic N) is 1. The van der Waals surface area contributed by atoms with Crippen LogP contribution in [0.4, 0.5) is 10.1 Å². The molecule has 0 saturated carbocycles. The molecule has 0 aromatic heterocycles. The lowest BCUT2D eigenvalue weighted by Crippen LogP contribution is -2.36. The van der Waals surface area contributed by atoms with Gasteiger partial charge in [-0.25, -0.2) is 4.39 Å². The molecule has 2 rings (SSSR count). The van der Waals surface area contributed by atoms with E-state index in [2.05, 4.69) is 11.8 Å². The molecule has 0 radical (unpaired) electrons. The molecule has 1 fully saturated rings. The minimum atomic E-state index is -0.283. The van der Waals surface area contributed by atoms with E-state index in [9.17, 15) is 4.39 Å². The van der Waals surface area contributed by atoms with Crippen LogP contribution >= 0.6 is 12.2 Å². The highest BCUT2D eigenvalue weighted by atomic mass is 32.1. The average Bonchev–Trinajstić information content (AvgIpc) is 2.63. The molecule has 0 amide bonds. The first kappa shape index (κ1) is 14.3. The summed E-state index contributed by atoms with van der Waals surface area (Å²) in [4.78, 5) is 2.63. The van der Waals surface area contributed by atoms with Gasteiger partial charge in [-0.15, -0.1) is 0 Å². The number of hydrogen-bond acceptors (Lipinski definition) is 2. The van der Waals surface area contributed by atoms with Gasteiger partial charge in [0.1, 0.15) is 10.8 Å². The largest absolute Gasteiger partial charge is 0.389 e. The van der Waals surface area contributed by atoms with Gasteiger partial charge in [-0.2, -0.15) is 0 Å². The second kappa shape index (κ2) is 6.33. The second-order valence-corrected chi connectivity index (χ2v) is 5.57. The minimum absolute atomic E-state index is 0.272. The summed E-state index contributed by atoms with van der Waals surface area (Å²) < 4.78 is 13.4. The van der Waals surface area contributed by atoms with E-state index in [1.54, 1.807) is 0 Å². The van der Waals surface area contributed by atoms with Crippen LogP contribution in [0.1, 0.15) is 44.6 Å². The fourth-order valence-corrected chi connectivity index (χ4v) is 3.04. The predicted molar refractivity (Wildman–Crippen MR) is 82.2 cm³/mol. The van der Waals surface area contributed by atoms with E-state index >= 15 is 0 Å². The van der Waals surface area contributed by atoms with Crippen molar-refractivity contribution in [1.82, 2.24) is 0 Å². The molecule has 0 spiro atoms. The Bertz CT molecular complexity index is 461. The van der Waals surface area contributed by atoms with Gasteiger partial charge < -0.3 is 10.6 Å². The van der Waals surface area contributed by atoms with Crippen molar-refractivity contribution in [2.24, 2.45) is 5.73 Å². The van der Waals surface area contributed by atoms with Crippen molar-refractivity contribution in [3.63, 3.8) is 0 Å². The van der Waals surface area contributed by atoms with E-state index in [-0.39, 0.29) is 10.8 Å². The Hall–Kier alpha value is -1.16. The van der Waals surface area contributed by atoms with Crippen LogP contribution in [0.25, 0.3) is 0 Å². The molecule has 1 aliphatic rings. The SMILES string of the molecule is CCC1CCCCCN1c1ccc(F)cc1C(N)=S. The first-order valence-electron chi connectivity index (χ1n) is 6.99. The van der Waals surface area contributed by atoms with Gasteiger partial charge in [0, 0.05) is 23.8 Å². The van der Waals surface area contributed by atoms with Gasteiger partial charge in [-0.1, -0.05) is 32.0 Å². The molecule has 1 heterocycles. The monoisotopic (exact) mass is 280 g/mol. The van der Waals surface area contributed by atoms with E-state index in [0.717, 1.165) is 18.7 Å². The molecule has 2 nitrogen and oxygen atoms in total. The van der Waals surface area contributed by atoms with Gasteiger partial charge in [0.2, 0.25) is 0 Å². The zero-order valence-corrected chi connectivity index (χ0v) is 12.2. The summed E-state index contributed by atoms with van der Waals surface area (Å²) in [6.07, 6.45) is 5.97. The number of nitrogens with two attached hydrogens (primary N) is 1. The number of rotatable bonds is 3. The predicted octanol–water partition coefficient (Wildman–Crippen LogP) is 3.62. The van der Waals surface area contributed by atoms with Crippen LogP contribution in [0.3, 0.4) is 0 Å². The van der Waals surface area contributed by atoms with Gasteiger partial charge in [0.05, 0.1) is 0 Å². The van der Waals surface area contributed by atoms with E-state index in [1.165, 1.54) is 37.8 Å². The number of thiocarbonyl (C=S) groups is 1. The Morgan fingerprint density at radius 1 is 1.42 bits per heavy atom. The molecule has 0 aliphatic carbocycles. The number of anilines is 1. The summed E-state index contributed by atoms with van der Waals surface area (Å²) in [6.45, 7) is 3.20. The van der Waals surface area contributed by atoms with E-state index < -0.39 is 0 Å². The molecular weight excluding hydrogens is 259 g/mol. The first-order chi connectivity index (χ1) is 9.13. The Morgan fingerprint density at radius 2 is 2.21 bits per heavy atom. The van der Waals surface area contributed by atoms with Crippen molar-refractivity contribution in [3.8, 4) is 0 Å². The van der Waals surface area contributed by atoms with Crippen LogP contribution in [-0.4, -0.2) is 17.6 Å². The van der Waals surface area contributed by atoms with Crippen molar-refractivity contribution >= 4 is 22.9 Å². The molecule has 0 bridgehead atoms. The second-order valence-electron chi connectivity index (χ2n) is 5.13. The van der Waals surface area contributed by atoms with Crippen LogP contribution in [0.5, 0.6) is 0 Å². The zero-order chi connectivity index (χ0) is 13.8. The van der Waals surface area contributed by atoms with Crippen LogP contribution in [0, 0.1) is 5.82 Å². The van der Waals surface area contributed by atoms with Crippen LogP contribution in [0.15, 0.2) is 18.2 Å². The van der Waals surface area contributed by atoms with Gasteiger partial charge in [0.15, 0.2) is 0 Å². The number of hydrogen-bond donors (Lipinski definition) is 1. The molecule has 1 aromatic carbocycles. The van der Waals surface area contributed by atoms with Gasteiger partial charge in [-0.05, 0) is 37.5 Å². The quantitative estimate of drug-likeness (QED) is 0.858. The molecule has 1 atom stereocenters. The molecule has 104 valence electrons. The maximum atomic E-state index is 13.4. The lowest BCUT2D eigenvalue weighted by atomic mass is 10.0. The normalized spacial score (nSPS) is 20.1. The highest BCUT2D eigenvalue weighted by Crippen LogP contribution is 2.29. The Balaban J connectivity index is 2.40. The maximum absolute atomic E-state index is 13.4. The van der Waals surface area contributed by atoms with Gasteiger partial charge in [0.25, 0.3) is 0 Å². The fraction of sp³-hybridized carbons (Fsp3) is 0.533. The summed E-state index contributed by atoms with van der Waals surface area (Å²) in [5.74, 6) is -0.283. The molecular formula is C15H21FN2S. The van der Waals surface area contributed by atoms with Crippen LogP contribution in [0.2, 0.25) is 0 Å². The molecule has 1 aliphatic heterocycles. The standard InChI is InChI=1S/C15H21FN2S/c1-2-12-6-4-3-5-9-18(12)14-8-7-11(16)10-13(14)15(17)19/h7-8,10,12H,2-6,9H2,1H3,(H2,17,19). The van der Waals surface area contributed by atoms with E-state index in [1.807, 2.05) is 6.07 Å². The van der Waals surface area contributed by atoms with Crippen molar-refractivity contribution in [2.75, 3.05) is 11.4 Å². The van der Waals surface area contributed by atoms with Crippen molar-refractivity contribution < 1.29 is 4.39 Å². The molecule has 4 heteroatoms. The first-order valence-corrected chi connectivity index (χ1v) is 7.40. The maximum Gasteiger partial charge on any atom is 0.124 e. The smallest absolute Gasteiger partial charge is 0.124 e. The van der Waals surface area contributed by atoms with Gasteiger partial charge >= 0.3 is 0 Å². The Morgan fingerprint density at radius 3 is 2.89 bits per heavy atom. The van der Waals surface area contributed by atoms with Crippen LogP contribution < -0.4 is 10.6 Å². The summed E-state index contributed by atoms with van der Waals surface area (Å²) in [5, 5.41) is 0. The zero-order valence-electron chi connectivity index (χ0n) is 11.4. The summed E-state index contributed by atoms with van der Waals surface area (Å²) in [7, 11) is 0. The molecule has 1 aromatic rings. The third-order valence-corrected chi connectivity index (χ3v) is 4.10. The molecule has 1 saturated heterocycles. The number of benzene rings is 1. The molecule has 2 N–H and O–H groups in total. The van der Waals surface area contributed by atoms with Crippen LogP contribution in [-0.2, 0) is 0 Å². The van der Waals surface area contributed by atoms with Crippen molar-refractivity contribution in [3.05, 3.63) is 29.6 Å². The summed E-state index contributed by atoms with van der Waals surface area (Å²) >= 11 is 5.07. The van der Waals surface area contributed by atoms with Gasteiger partial charge in [-0.3, -0.25) is 0 Å². The van der Waals surface area contributed by atoms with Crippen molar-refractivity contribution in [2.45, 2.75) is 45.1 Å². The minimum Gasteiger partial charge on any atom is -0.389 e. The highest BCUT2D eigenvalue weighted by Gasteiger charge is 2.22. The third-order valence-electron chi connectivity index (χ3n) is 3.88. The van der Waals surface area contributed by atoms with Crippen molar-refractivity contribution in [1.29, 1.82) is 0 Å². The lowest BCUT2D eigenvalue weighted by molar-refractivity contribution is 0.555. The highest BCUT2D eigenvalue weighted by molar-refractivity contribution is 7.80.